The molecule has 0 radical (unpaired) electrons. The van der Waals surface area contributed by atoms with E-state index >= 15 is 0 Å². The van der Waals surface area contributed by atoms with Crippen molar-refractivity contribution in [3.63, 3.8) is 0 Å². The van der Waals surface area contributed by atoms with Gasteiger partial charge < -0.3 is 5.32 Å². The molecule has 0 spiro atoms. The second kappa shape index (κ2) is 7.67. The normalized spacial score (nSPS) is 15.0. The minimum Gasteiger partial charge on any atom is -0.310 e. The van der Waals surface area contributed by atoms with Crippen molar-refractivity contribution in [1.29, 1.82) is 0 Å². The van der Waals surface area contributed by atoms with Gasteiger partial charge in [0.05, 0.1) is 2.88 Å². The van der Waals surface area contributed by atoms with E-state index in [-0.39, 0.29) is 0 Å². The maximum absolute atomic E-state index is 3.67. The van der Waals surface area contributed by atoms with Crippen LogP contribution < -0.4 is 5.32 Å². The van der Waals surface area contributed by atoms with Crippen LogP contribution in [0.25, 0.3) is 0 Å². The standard InChI is InChI=1S/C13H22INS/c1-4-6-15-12(7-10(3)5-2)11-8-13(14)16-9-11/h8-10,12,15H,4-7H2,1-3H3. The van der Waals surface area contributed by atoms with Crippen molar-refractivity contribution in [3.8, 4) is 0 Å². The van der Waals surface area contributed by atoms with Crippen LogP contribution in [-0.2, 0) is 0 Å². The van der Waals surface area contributed by atoms with Gasteiger partial charge in [0.2, 0.25) is 0 Å². The van der Waals surface area contributed by atoms with Gasteiger partial charge in [-0.25, -0.2) is 0 Å². The van der Waals surface area contributed by atoms with Crippen LogP contribution in [0, 0.1) is 8.80 Å². The van der Waals surface area contributed by atoms with Crippen LogP contribution in [-0.4, -0.2) is 6.54 Å². The molecule has 1 nitrogen and oxygen atoms in total. The number of hydrogen-bond acceptors (Lipinski definition) is 2. The van der Waals surface area contributed by atoms with Crippen molar-refractivity contribution in [2.75, 3.05) is 6.54 Å². The Morgan fingerprint density at radius 1 is 1.44 bits per heavy atom. The summed E-state index contributed by atoms with van der Waals surface area (Å²) >= 11 is 4.25. The van der Waals surface area contributed by atoms with Crippen molar-refractivity contribution in [2.45, 2.75) is 46.1 Å². The van der Waals surface area contributed by atoms with E-state index in [9.17, 15) is 0 Å². The summed E-state index contributed by atoms with van der Waals surface area (Å²) in [4.78, 5) is 0. The zero-order valence-corrected chi connectivity index (χ0v) is 13.4. The van der Waals surface area contributed by atoms with E-state index in [1.807, 2.05) is 11.3 Å². The van der Waals surface area contributed by atoms with Gasteiger partial charge in [0, 0.05) is 6.04 Å². The first-order chi connectivity index (χ1) is 7.67. The van der Waals surface area contributed by atoms with Gasteiger partial charge >= 0.3 is 0 Å². The molecule has 0 amide bonds. The summed E-state index contributed by atoms with van der Waals surface area (Å²) < 4.78 is 1.39. The Hall–Kier alpha value is 0.390. The summed E-state index contributed by atoms with van der Waals surface area (Å²) in [6.45, 7) is 7.97. The molecule has 2 atom stereocenters. The lowest BCUT2D eigenvalue weighted by Crippen LogP contribution is -2.23. The molecule has 1 aromatic rings. The lowest BCUT2D eigenvalue weighted by Gasteiger charge is -2.20. The fourth-order valence-electron chi connectivity index (χ4n) is 1.73. The molecule has 2 unspecified atom stereocenters. The van der Waals surface area contributed by atoms with Crippen LogP contribution in [0.1, 0.15) is 51.6 Å². The minimum atomic E-state index is 0.551. The zero-order valence-electron chi connectivity index (χ0n) is 10.4. The summed E-state index contributed by atoms with van der Waals surface area (Å²) in [5, 5.41) is 5.97. The molecule has 0 fully saturated rings. The molecular weight excluding hydrogens is 329 g/mol. The van der Waals surface area contributed by atoms with E-state index < -0.39 is 0 Å². The first-order valence-corrected chi connectivity index (χ1v) is 8.10. The molecule has 1 heterocycles. The molecular formula is C13H22INS. The van der Waals surface area contributed by atoms with E-state index in [0.717, 1.165) is 12.5 Å². The molecule has 0 saturated heterocycles. The van der Waals surface area contributed by atoms with E-state index in [1.54, 1.807) is 0 Å². The van der Waals surface area contributed by atoms with Gasteiger partial charge in [-0.15, -0.1) is 11.3 Å². The largest absolute Gasteiger partial charge is 0.310 e. The Bertz CT molecular complexity index is 298. The molecule has 92 valence electrons. The Labute approximate surface area is 117 Å². The number of thiophene rings is 1. The fourth-order valence-corrected chi connectivity index (χ4v) is 3.16. The topological polar surface area (TPSA) is 12.0 Å². The third-order valence-corrected chi connectivity index (χ3v) is 4.77. The second-order valence-corrected chi connectivity index (χ2v) is 7.25. The van der Waals surface area contributed by atoms with Crippen molar-refractivity contribution in [3.05, 3.63) is 19.9 Å². The highest BCUT2D eigenvalue weighted by Crippen LogP contribution is 2.27. The average Bonchev–Trinajstić information content (AvgIpc) is 2.70. The lowest BCUT2D eigenvalue weighted by molar-refractivity contribution is 0.403. The third-order valence-electron chi connectivity index (χ3n) is 2.97. The number of hydrogen-bond donors (Lipinski definition) is 1. The monoisotopic (exact) mass is 351 g/mol. The predicted octanol–water partition coefficient (Wildman–Crippen LogP) is 4.83. The maximum atomic E-state index is 3.67. The molecule has 3 heteroatoms. The molecule has 0 aliphatic heterocycles. The van der Waals surface area contributed by atoms with E-state index in [0.29, 0.717) is 6.04 Å². The molecule has 1 rings (SSSR count). The molecule has 0 saturated carbocycles. The highest BCUT2D eigenvalue weighted by atomic mass is 127. The summed E-state index contributed by atoms with van der Waals surface area (Å²) in [5.74, 6) is 0.798. The van der Waals surface area contributed by atoms with Crippen LogP contribution in [0.5, 0.6) is 0 Å². The number of nitrogens with one attached hydrogen (secondary N) is 1. The van der Waals surface area contributed by atoms with Gasteiger partial charge in [-0.1, -0.05) is 27.2 Å². The van der Waals surface area contributed by atoms with Gasteiger partial charge in [0.25, 0.3) is 0 Å². The number of rotatable bonds is 7. The van der Waals surface area contributed by atoms with Gasteiger partial charge in [0.1, 0.15) is 0 Å². The Morgan fingerprint density at radius 2 is 2.19 bits per heavy atom. The third kappa shape index (κ3) is 4.72. The van der Waals surface area contributed by atoms with E-state index in [2.05, 4.69) is 60.1 Å². The van der Waals surface area contributed by atoms with Gasteiger partial charge in [0.15, 0.2) is 0 Å². The summed E-state index contributed by atoms with van der Waals surface area (Å²) in [5.41, 5.74) is 1.48. The molecule has 0 aromatic carbocycles. The first kappa shape index (κ1) is 14.5. The Kier molecular flexibility index (Phi) is 6.92. The molecule has 16 heavy (non-hydrogen) atoms. The SMILES string of the molecule is CCCNC(CC(C)CC)c1csc(I)c1. The minimum absolute atomic E-state index is 0.551. The van der Waals surface area contributed by atoms with E-state index in [4.69, 9.17) is 0 Å². The Balaban J connectivity index is 2.62. The summed E-state index contributed by atoms with van der Waals surface area (Å²) in [6.07, 6.45) is 3.73. The molecule has 0 aliphatic carbocycles. The van der Waals surface area contributed by atoms with Crippen LogP contribution >= 0.6 is 33.9 Å². The molecule has 1 aromatic heterocycles. The zero-order chi connectivity index (χ0) is 12.0. The quantitative estimate of drug-likeness (QED) is 0.694. The smallest absolute Gasteiger partial charge is 0.0656 e. The fraction of sp³-hybridized carbons (Fsp3) is 0.692. The number of halogens is 1. The first-order valence-electron chi connectivity index (χ1n) is 6.14. The van der Waals surface area contributed by atoms with Crippen molar-refractivity contribution >= 4 is 33.9 Å². The van der Waals surface area contributed by atoms with Crippen LogP contribution in [0.2, 0.25) is 0 Å². The summed E-state index contributed by atoms with van der Waals surface area (Å²) in [6, 6.07) is 2.87. The highest BCUT2D eigenvalue weighted by molar-refractivity contribution is 14.1. The maximum Gasteiger partial charge on any atom is 0.0656 e. The van der Waals surface area contributed by atoms with Crippen molar-refractivity contribution in [2.24, 2.45) is 5.92 Å². The summed E-state index contributed by atoms with van der Waals surface area (Å²) in [7, 11) is 0. The van der Waals surface area contributed by atoms with Crippen molar-refractivity contribution in [1.82, 2.24) is 5.32 Å². The van der Waals surface area contributed by atoms with Crippen LogP contribution in [0.4, 0.5) is 0 Å². The van der Waals surface area contributed by atoms with Gasteiger partial charge in [-0.3, -0.25) is 0 Å². The predicted molar refractivity (Wildman–Crippen MR) is 82.1 cm³/mol. The van der Waals surface area contributed by atoms with Gasteiger partial charge in [-0.05, 0) is 64.9 Å². The second-order valence-electron chi connectivity index (χ2n) is 4.44. The van der Waals surface area contributed by atoms with E-state index in [1.165, 1.54) is 27.7 Å². The average molecular weight is 351 g/mol. The Morgan fingerprint density at radius 3 is 2.69 bits per heavy atom. The van der Waals surface area contributed by atoms with Gasteiger partial charge in [-0.2, -0.15) is 0 Å². The molecule has 1 N–H and O–H groups in total. The molecule has 0 bridgehead atoms. The van der Waals surface area contributed by atoms with Crippen molar-refractivity contribution < 1.29 is 0 Å². The van der Waals surface area contributed by atoms with Crippen LogP contribution in [0.3, 0.4) is 0 Å². The van der Waals surface area contributed by atoms with Crippen LogP contribution in [0.15, 0.2) is 11.4 Å². The highest BCUT2D eigenvalue weighted by Gasteiger charge is 2.14. The lowest BCUT2D eigenvalue weighted by atomic mass is 9.96. The molecule has 0 aliphatic rings.